The highest BCUT2D eigenvalue weighted by Crippen LogP contribution is 2.34. The zero-order chi connectivity index (χ0) is 21.1. The second-order valence-corrected chi connectivity index (χ2v) is 7.98. The molecule has 0 amide bonds. The molecule has 4 rings (SSSR count). The number of hydrogen-bond acceptors (Lipinski definition) is 9. The molecule has 0 aliphatic carbocycles. The van der Waals surface area contributed by atoms with E-state index in [-0.39, 0.29) is 11.4 Å². The summed E-state index contributed by atoms with van der Waals surface area (Å²) in [4.78, 5) is 34.5. The summed E-state index contributed by atoms with van der Waals surface area (Å²) in [5.41, 5.74) is 1.25. The highest BCUT2D eigenvalue weighted by Gasteiger charge is 2.16. The zero-order valence-corrected chi connectivity index (χ0v) is 16.7. The molecule has 0 fully saturated rings. The van der Waals surface area contributed by atoms with Gasteiger partial charge in [-0.25, -0.2) is 15.0 Å². The Balaban J connectivity index is 1.60. The molecule has 0 atom stereocenters. The SMILES string of the molecule is O=[N+]([O-])c1ccc2nc(/C=C/c3ccc(Sc4ncccn4)c([N+](=O)[O-])c3)sc2c1. The van der Waals surface area contributed by atoms with Crippen LogP contribution < -0.4 is 0 Å². The van der Waals surface area contributed by atoms with Crippen molar-refractivity contribution in [2.45, 2.75) is 10.1 Å². The van der Waals surface area contributed by atoms with Gasteiger partial charge in [-0.3, -0.25) is 20.2 Å². The lowest BCUT2D eigenvalue weighted by atomic mass is 10.2. The molecular weight excluding hydrogens is 426 g/mol. The summed E-state index contributed by atoms with van der Waals surface area (Å²) in [6.07, 6.45) is 6.59. The van der Waals surface area contributed by atoms with Gasteiger partial charge >= 0.3 is 0 Å². The van der Waals surface area contributed by atoms with Crippen molar-refractivity contribution < 1.29 is 9.85 Å². The Morgan fingerprint density at radius 3 is 2.50 bits per heavy atom. The van der Waals surface area contributed by atoms with Crippen LogP contribution in [-0.4, -0.2) is 24.8 Å². The van der Waals surface area contributed by atoms with Crippen LogP contribution in [0.1, 0.15) is 10.6 Å². The fraction of sp³-hybridized carbons (Fsp3) is 0. The largest absolute Gasteiger partial charge is 0.283 e. The molecule has 0 saturated heterocycles. The van der Waals surface area contributed by atoms with Gasteiger partial charge in [0.2, 0.25) is 0 Å². The number of thiazole rings is 1. The first-order chi connectivity index (χ1) is 14.5. The fourth-order valence-corrected chi connectivity index (χ4v) is 4.29. The lowest BCUT2D eigenvalue weighted by Crippen LogP contribution is -1.93. The summed E-state index contributed by atoms with van der Waals surface area (Å²) in [7, 11) is 0. The quantitative estimate of drug-likeness (QED) is 0.228. The van der Waals surface area contributed by atoms with Gasteiger partial charge in [-0.15, -0.1) is 11.3 Å². The van der Waals surface area contributed by atoms with Gasteiger partial charge in [0.05, 0.1) is 25.0 Å². The van der Waals surface area contributed by atoms with Crippen LogP contribution in [0.3, 0.4) is 0 Å². The van der Waals surface area contributed by atoms with Crippen molar-refractivity contribution in [1.29, 1.82) is 0 Å². The number of nitrogens with zero attached hydrogens (tertiary/aromatic N) is 5. The van der Waals surface area contributed by atoms with Gasteiger partial charge in [-0.05, 0) is 41.6 Å². The lowest BCUT2D eigenvalue weighted by Gasteiger charge is -2.02. The second kappa shape index (κ2) is 8.35. The van der Waals surface area contributed by atoms with Crippen LogP contribution in [0.2, 0.25) is 0 Å². The summed E-state index contributed by atoms with van der Waals surface area (Å²) in [6, 6.07) is 11.0. The molecule has 11 heteroatoms. The van der Waals surface area contributed by atoms with E-state index < -0.39 is 9.85 Å². The molecule has 9 nitrogen and oxygen atoms in total. The monoisotopic (exact) mass is 437 g/mol. The molecule has 0 aliphatic heterocycles. The minimum Gasteiger partial charge on any atom is -0.258 e. The molecule has 0 radical (unpaired) electrons. The van der Waals surface area contributed by atoms with Crippen molar-refractivity contribution in [1.82, 2.24) is 15.0 Å². The molecule has 2 heterocycles. The third-order valence-electron chi connectivity index (χ3n) is 3.94. The number of benzene rings is 2. The highest BCUT2D eigenvalue weighted by atomic mass is 32.2. The van der Waals surface area contributed by atoms with E-state index in [9.17, 15) is 20.2 Å². The van der Waals surface area contributed by atoms with Crippen molar-refractivity contribution in [3.8, 4) is 0 Å². The molecule has 0 N–H and O–H groups in total. The average molecular weight is 437 g/mol. The molecular formula is C19H11N5O4S2. The first-order valence-electron chi connectivity index (χ1n) is 8.46. The molecule has 0 unspecified atom stereocenters. The van der Waals surface area contributed by atoms with Crippen LogP contribution in [0.25, 0.3) is 22.4 Å². The highest BCUT2D eigenvalue weighted by molar-refractivity contribution is 7.99. The van der Waals surface area contributed by atoms with Gasteiger partial charge in [0.15, 0.2) is 5.16 Å². The summed E-state index contributed by atoms with van der Waals surface area (Å²) in [6.45, 7) is 0. The summed E-state index contributed by atoms with van der Waals surface area (Å²) >= 11 is 2.43. The third-order valence-corrected chi connectivity index (χ3v) is 5.88. The van der Waals surface area contributed by atoms with Crippen molar-refractivity contribution in [3.05, 3.63) is 85.7 Å². The zero-order valence-electron chi connectivity index (χ0n) is 15.0. The van der Waals surface area contributed by atoms with Crippen molar-refractivity contribution in [2.75, 3.05) is 0 Å². The van der Waals surface area contributed by atoms with E-state index in [1.807, 2.05) is 0 Å². The van der Waals surface area contributed by atoms with Crippen molar-refractivity contribution >= 4 is 56.8 Å². The van der Waals surface area contributed by atoms with Gasteiger partial charge in [0.1, 0.15) is 5.01 Å². The third kappa shape index (κ3) is 4.31. The average Bonchev–Trinajstić information content (AvgIpc) is 3.15. The van der Waals surface area contributed by atoms with Crippen LogP contribution in [-0.2, 0) is 0 Å². The number of non-ortho nitro benzene ring substituents is 1. The molecule has 4 aromatic rings. The Bertz CT molecular complexity index is 1290. The van der Waals surface area contributed by atoms with Crippen LogP contribution in [0.15, 0.2) is 64.9 Å². The minimum atomic E-state index is -0.451. The van der Waals surface area contributed by atoms with Crippen LogP contribution >= 0.6 is 23.1 Å². The van der Waals surface area contributed by atoms with Crippen molar-refractivity contribution in [3.63, 3.8) is 0 Å². The standard InChI is InChI=1S/C19H11N5O4S2/c25-23(26)13-4-5-14-17(11-13)29-18(22-14)7-3-12-2-6-16(15(10-12)24(27)28)30-19-20-8-1-9-21-19/h1-11H/b7-3+. The van der Waals surface area contributed by atoms with Gasteiger partial charge in [-0.1, -0.05) is 12.1 Å². The van der Waals surface area contributed by atoms with Crippen molar-refractivity contribution in [2.24, 2.45) is 0 Å². The maximum Gasteiger partial charge on any atom is 0.283 e. The number of hydrogen-bond donors (Lipinski definition) is 0. The number of rotatable bonds is 6. The normalized spacial score (nSPS) is 11.2. The molecule has 148 valence electrons. The Kier molecular flexibility index (Phi) is 5.46. The lowest BCUT2D eigenvalue weighted by molar-refractivity contribution is -0.387. The van der Waals surface area contributed by atoms with E-state index in [0.717, 1.165) is 11.8 Å². The van der Waals surface area contributed by atoms with E-state index in [1.165, 1.54) is 29.5 Å². The summed E-state index contributed by atoms with van der Waals surface area (Å²) in [5, 5.41) is 23.5. The van der Waals surface area contributed by atoms with Gasteiger partial charge < -0.3 is 0 Å². The Hall–Kier alpha value is -3.70. The number of aromatic nitrogens is 3. The molecule has 0 spiro atoms. The Morgan fingerprint density at radius 1 is 0.967 bits per heavy atom. The summed E-state index contributed by atoms with van der Waals surface area (Å²) in [5.74, 6) is 0. The van der Waals surface area contributed by atoms with E-state index in [4.69, 9.17) is 0 Å². The first-order valence-corrected chi connectivity index (χ1v) is 10.1. The molecule has 0 aliphatic rings. The molecule has 2 aromatic heterocycles. The second-order valence-electron chi connectivity index (χ2n) is 5.91. The maximum absolute atomic E-state index is 11.5. The minimum absolute atomic E-state index is 0.00721. The number of fused-ring (bicyclic) bond motifs is 1. The first kappa shape index (κ1) is 19.6. The topological polar surface area (TPSA) is 125 Å². The molecule has 30 heavy (non-hydrogen) atoms. The Labute approximate surface area is 177 Å². The predicted molar refractivity (Wildman–Crippen MR) is 114 cm³/mol. The van der Waals surface area contributed by atoms with E-state index >= 15 is 0 Å². The van der Waals surface area contributed by atoms with E-state index in [2.05, 4.69) is 15.0 Å². The van der Waals surface area contributed by atoms with Crippen LogP contribution in [0, 0.1) is 20.2 Å². The van der Waals surface area contributed by atoms with Crippen LogP contribution in [0.4, 0.5) is 11.4 Å². The molecule has 0 saturated carbocycles. The fourth-order valence-electron chi connectivity index (χ4n) is 2.59. The van der Waals surface area contributed by atoms with Gasteiger partial charge in [0, 0.05) is 30.6 Å². The van der Waals surface area contributed by atoms with E-state index in [0.29, 0.717) is 30.8 Å². The smallest absolute Gasteiger partial charge is 0.258 e. The molecule has 0 bridgehead atoms. The number of nitro benzene ring substituents is 2. The summed E-state index contributed by atoms with van der Waals surface area (Å²) < 4.78 is 0.699. The van der Waals surface area contributed by atoms with Gasteiger partial charge in [0.25, 0.3) is 11.4 Å². The predicted octanol–water partition coefficient (Wildman–Crippen LogP) is 5.22. The van der Waals surface area contributed by atoms with Crippen LogP contribution in [0.5, 0.6) is 0 Å². The number of nitro groups is 2. The molecule has 2 aromatic carbocycles. The van der Waals surface area contributed by atoms with E-state index in [1.54, 1.807) is 48.8 Å². The van der Waals surface area contributed by atoms with Gasteiger partial charge in [-0.2, -0.15) is 0 Å². The maximum atomic E-state index is 11.5. The Morgan fingerprint density at radius 2 is 1.77 bits per heavy atom.